The van der Waals surface area contributed by atoms with Crippen molar-refractivity contribution in [2.24, 2.45) is 0 Å². The van der Waals surface area contributed by atoms with E-state index in [0.717, 1.165) is 11.5 Å². The number of hydrogen-bond acceptors (Lipinski definition) is 4. The van der Waals surface area contributed by atoms with Gasteiger partial charge in [0.05, 0.1) is 12.8 Å². The fourth-order valence-corrected chi connectivity index (χ4v) is 2.58. The zero-order valence-corrected chi connectivity index (χ0v) is 12.8. The molecule has 0 bridgehead atoms. The fourth-order valence-electron chi connectivity index (χ4n) is 1.55. The summed E-state index contributed by atoms with van der Waals surface area (Å²) >= 11 is 1.95. The average molecular weight is 268 g/mol. The molecule has 0 amide bonds. The molecule has 0 aliphatic carbocycles. The third kappa shape index (κ3) is 5.27. The van der Waals surface area contributed by atoms with E-state index >= 15 is 0 Å². The molecule has 0 aliphatic rings. The van der Waals surface area contributed by atoms with Gasteiger partial charge in [-0.2, -0.15) is 11.8 Å². The number of pyridine rings is 1. The van der Waals surface area contributed by atoms with E-state index in [9.17, 15) is 0 Å². The molecule has 4 heteroatoms. The summed E-state index contributed by atoms with van der Waals surface area (Å²) in [5.74, 6) is 1.87. The summed E-state index contributed by atoms with van der Waals surface area (Å²) in [6.45, 7) is 9.36. The Morgan fingerprint density at radius 1 is 1.39 bits per heavy atom. The minimum absolute atomic E-state index is 0.278. The van der Waals surface area contributed by atoms with Gasteiger partial charge in [-0.15, -0.1) is 0 Å². The van der Waals surface area contributed by atoms with E-state index in [2.05, 4.69) is 37.1 Å². The molecule has 18 heavy (non-hydrogen) atoms. The highest BCUT2D eigenvalue weighted by Crippen LogP contribution is 2.28. The predicted octanol–water partition coefficient (Wildman–Crippen LogP) is 3.27. The van der Waals surface area contributed by atoms with Gasteiger partial charge in [0, 0.05) is 22.7 Å². The van der Waals surface area contributed by atoms with Gasteiger partial charge in [-0.25, -0.2) is 0 Å². The van der Waals surface area contributed by atoms with Gasteiger partial charge in [0.15, 0.2) is 0 Å². The maximum Gasteiger partial charge on any atom is 0.137 e. The SMILES string of the molecule is CCOc1cncc(C(CSC(C)(C)C)NC)c1. The van der Waals surface area contributed by atoms with E-state index in [1.54, 1.807) is 6.20 Å². The topological polar surface area (TPSA) is 34.1 Å². The molecular formula is C14H24N2OS. The second kappa shape index (κ2) is 7.00. The number of nitrogens with one attached hydrogen (secondary N) is 1. The summed E-state index contributed by atoms with van der Waals surface area (Å²) in [4.78, 5) is 4.24. The standard InChI is InChI=1S/C14H24N2OS/c1-6-17-12-7-11(8-16-9-12)13(15-5)10-18-14(2,3)4/h7-9,13,15H,6,10H2,1-5H3. The van der Waals surface area contributed by atoms with E-state index in [0.29, 0.717) is 12.6 Å². The first kappa shape index (κ1) is 15.3. The number of aromatic nitrogens is 1. The van der Waals surface area contributed by atoms with E-state index in [-0.39, 0.29) is 4.75 Å². The van der Waals surface area contributed by atoms with Gasteiger partial charge in [-0.1, -0.05) is 20.8 Å². The molecule has 1 aromatic rings. The van der Waals surface area contributed by atoms with E-state index in [1.807, 2.05) is 31.9 Å². The Morgan fingerprint density at radius 2 is 2.11 bits per heavy atom. The van der Waals surface area contributed by atoms with Gasteiger partial charge in [0.1, 0.15) is 5.75 Å². The zero-order chi connectivity index (χ0) is 13.6. The number of nitrogens with zero attached hydrogens (tertiary/aromatic N) is 1. The van der Waals surface area contributed by atoms with Crippen molar-refractivity contribution >= 4 is 11.8 Å². The molecule has 1 unspecified atom stereocenters. The third-order valence-corrected chi connectivity index (χ3v) is 3.85. The lowest BCUT2D eigenvalue weighted by Gasteiger charge is -2.23. The van der Waals surface area contributed by atoms with Crippen molar-refractivity contribution in [3.8, 4) is 5.75 Å². The Balaban J connectivity index is 2.72. The average Bonchev–Trinajstić information content (AvgIpc) is 2.29. The molecule has 0 aromatic carbocycles. The first-order valence-electron chi connectivity index (χ1n) is 6.35. The first-order chi connectivity index (χ1) is 8.46. The van der Waals surface area contributed by atoms with Gasteiger partial charge >= 0.3 is 0 Å². The summed E-state index contributed by atoms with van der Waals surface area (Å²) in [5, 5.41) is 3.34. The van der Waals surface area contributed by atoms with Gasteiger partial charge in [-0.3, -0.25) is 4.98 Å². The van der Waals surface area contributed by atoms with Crippen LogP contribution in [0.3, 0.4) is 0 Å². The van der Waals surface area contributed by atoms with Gasteiger partial charge in [-0.05, 0) is 25.6 Å². The molecule has 0 radical (unpaired) electrons. The van der Waals surface area contributed by atoms with Crippen LogP contribution in [0.15, 0.2) is 18.5 Å². The van der Waals surface area contributed by atoms with Crippen LogP contribution in [0.25, 0.3) is 0 Å². The zero-order valence-electron chi connectivity index (χ0n) is 12.0. The normalized spacial score (nSPS) is 13.4. The Kier molecular flexibility index (Phi) is 5.96. The number of hydrogen-bond donors (Lipinski definition) is 1. The molecule has 1 heterocycles. The molecule has 0 saturated carbocycles. The Hall–Kier alpha value is -0.740. The van der Waals surface area contributed by atoms with Crippen LogP contribution in [0.1, 0.15) is 39.3 Å². The molecular weight excluding hydrogens is 244 g/mol. The molecule has 1 aromatic heterocycles. The van der Waals surface area contributed by atoms with Crippen molar-refractivity contribution in [2.45, 2.75) is 38.5 Å². The highest BCUT2D eigenvalue weighted by Gasteiger charge is 2.16. The lowest BCUT2D eigenvalue weighted by atomic mass is 10.1. The summed E-state index contributed by atoms with van der Waals surface area (Å²) in [6, 6.07) is 2.38. The van der Waals surface area contributed by atoms with Crippen molar-refractivity contribution in [1.29, 1.82) is 0 Å². The summed E-state index contributed by atoms with van der Waals surface area (Å²) in [6.07, 6.45) is 3.67. The molecule has 1 atom stereocenters. The minimum Gasteiger partial charge on any atom is -0.492 e. The second-order valence-corrected chi connectivity index (χ2v) is 7.00. The maximum absolute atomic E-state index is 5.49. The molecule has 102 valence electrons. The van der Waals surface area contributed by atoms with Crippen LogP contribution < -0.4 is 10.1 Å². The molecule has 0 fully saturated rings. The number of thioether (sulfide) groups is 1. The summed E-state index contributed by atoms with van der Waals surface area (Å²) in [5.41, 5.74) is 1.18. The van der Waals surface area contributed by atoms with E-state index in [4.69, 9.17) is 4.74 Å². The van der Waals surface area contributed by atoms with Gasteiger partial charge < -0.3 is 10.1 Å². The minimum atomic E-state index is 0.278. The smallest absolute Gasteiger partial charge is 0.137 e. The molecule has 0 saturated heterocycles. The fraction of sp³-hybridized carbons (Fsp3) is 0.643. The molecule has 3 nitrogen and oxygen atoms in total. The first-order valence-corrected chi connectivity index (χ1v) is 7.34. The Morgan fingerprint density at radius 3 is 2.67 bits per heavy atom. The van der Waals surface area contributed by atoms with Crippen LogP contribution in [0.5, 0.6) is 5.75 Å². The van der Waals surface area contributed by atoms with Crippen LogP contribution in [0, 0.1) is 0 Å². The largest absolute Gasteiger partial charge is 0.492 e. The van der Waals surface area contributed by atoms with Crippen LogP contribution in [0.4, 0.5) is 0 Å². The lowest BCUT2D eigenvalue weighted by Crippen LogP contribution is -2.22. The van der Waals surface area contributed by atoms with Crippen LogP contribution in [-0.2, 0) is 0 Å². The van der Waals surface area contributed by atoms with Gasteiger partial charge in [0.2, 0.25) is 0 Å². The van der Waals surface area contributed by atoms with Crippen molar-refractivity contribution in [3.05, 3.63) is 24.0 Å². The van der Waals surface area contributed by atoms with Crippen LogP contribution in [0.2, 0.25) is 0 Å². The van der Waals surface area contributed by atoms with Crippen molar-refractivity contribution in [2.75, 3.05) is 19.4 Å². The van der Waals surface area contributed by atoms with Crippen LogP contribution in [-0.4, -0.2) is 29.1 Å². The molecule has 1 rings (SSSR count). The molecule has 0 aliphatic heterocycles. The highest BCUT2D eigenvalue weighted by molar-refractivity contribution is 8.00. The van der Waals surface area contributed by atoms with Crippen molar-refractivity contribution < 1.29 is 4.74 Å². The molecule has 1 N–H and O–H groups in total. The Bertz CT molecular complexity index is 363. The Labute approximate surface area is 115 Å². The summed E-state index contributed by atoms with van der Waals surface area (Å²) < 4.78 is 5.77. The van der Waals surface area contributed by atoms with E-state index < -0.39 is 0 Å². The predicted molar refractivity (Wildman–Crippen MR) is 79.4 cm³/mol. The van der Waals surface area contributed by atoms with Gasteiger partial charge in [0.25, 0.3) is 0 Å². The summed E-state index contributed by atoms with van der Waals surface area (Å²) in [7, 11) is 1.99. The highest BCUT2D eigenvalue weighted by atomic mass is 32.2. The molecule has 0 spiro atoms. The van der Waals surface area contributed by atoms with Crippen LogP contribution >= 0.6 is 11.8 Å². The van der Waals surface area contributed by atoms with Crippen molar-refractivity contribution in [3.63, 3.8) is 0 Å². The van der Waals surface area contributed by atoms with E-state index in [1.165, 1.54) is 5.56 Å². The third-order valence-electron chi connectivity index (χ3n) is 2.48. The quantitative estimate of drug-likeness (QED) is 0.858. The van der Waals surface area contributed by atoms with Crippen molar-refractivity contribution in [1.82, 2.24) is 10.3 Å². The number of ether oxygens (including phenoxy) is 1. The second-order valence-electron chi connectivity index (χ2n) is 5.15. The maximum atomic E-state index is 5.49. The number of rotatable bonds is 6. The monoisotopic (exact) mass is 268 g/mol. The lowest BCUT2D eigenvalue weighted by molar-refractivity contribution is 0.338.